The van der Waals surface area contributed by atoms with Crippen molar-refractivity contribution in [3.8, 4) is 5.75 Å². The van der Waals surface area contributed by atoms with E-state index in [9.17, 15) is 14.0 Å². The summed E-state index contributed by atoms with van der Waals surface area (Å²) in [6.07, 6.45) is 0.857. The lowest BCUT2D eigenvalue weighted by Crippen LogP contribution is -2.45. The molecule has 1 aliphatic heterocycles. The van der Waals surface area contributed by atoms with Crippen LogP contribution in [0.4, 0.5) is 9.18 Å². The molecule has 1 N–H and O–H groups in total. The Labute approximate surface area is 161 Å². The van der Waals surface area contributed by atoms with Gasteiger partial charge in [-0.3, -0.25) is 4.79 Å². The van der Waals surface area contributed by atoms with Gasteiger partial charge in [0.2, 0.25) is 5.91 Å². The van der Waals surface area contributed by atoms with Gasteiger partial charge in [0, 0.05) is 31.6 Å². The number of ether oxygens (including phenoxy) is 1. The van der Waals surface area contributed by atoms with Crippen molar-refractivity contribution < 1.29 is 18.7 Å². The van der Waals surface area contributed by atoms with Gasteiger partial charge in [0.05, 0.1) is 13.7 Å². The molecule has 0 fully saturated rings. The second kappa shape index (κ2) is 8.39. The van der Waals surface area contributed by atoms with Gasteiger partial charge >= 0.3 is 6.03 Å². The minimum atomic E-state index is -0.475. The lowest BCUT2D eigenvalue weighted by atomic mass is 10.1. The fraction of sp³-hybridized carbons (Fsp3) is 0.368. The number of amides is 3. The van der Waals surface area contributed by atoms with Gasteiger partial charge in [-0.15, -0.1) is 11.3 Å². The summed E-state index contributed by atoms with van der Waals surface area (Å²) in [4.78, 5) is 29.1. The smallest absolute Gasteiger partial charge is 0.317 e. The molecule has 1 aromatic heterocycles. The first-order valence-corrected chi connectivity index (χ1v) is 9.50. The molecular weight excluding hydrogens is 369 g/mol. The van der Waals surface area contributed by atoms with Crippen LogP contribution in [0.2, 0.25) is 0 Å². The summed E-state index contributed by atoms with van der Waals surface area (Å²) in [5.74, 6) is -0.423. The molecule has 3 rings (SSSR count). The van der Waals surface area contributed by atoms with Crippen LogP contribution in [0.3, 0.4) is 0 Å². The van der Waals surface area contributed by atoms with Crippen molar-refractivity contribution in [3.63, 3.8) is 0 Å². The first-order valence-electron chi connectivity index (χ1n) is 8.62. The van der Waals surface area contributed by atoms with Crippen LogP contribution in [0.15, 0.2) is 29.6 Å². The third-order valence-electron chi connectivity index (χ3n) is 4.53. The molecule has 0 radical (unpaired) electrons. The zero-order chi connectivity index (χ0) is 19.4. The van der Waals surface area contributed by atoms with Gasteiger partial charge in [-0.1, -0.05) is 6.07 Å². The van der Waals surface area contributed by atoms with Crippen LogP contribution in [-0.2, 0) is 24.3 Å². The van der Waals surface area contributed by atoms with Crippen LogP contribution in [-0.4, -0.2) is 49.0 Å². The minimum absolute atomic E-state index is 0.0559. The molecule has 1 aliphatic rings. The number of fused-ring (bicyclic) bond motifs is 1. The van der Waals surface area contributed by atoms with Crippen LogP contribution in [0.5, 0.6) is 5.75 Å². The predicted molar refractivity (Wildman–Crippen MR) is 101 cm³/mol. The monoisotopic (exact) mass is 391 g/mol. The van der Waals surface area contributed by atoms with Crippen molar-refractivity contribution in [2.45, 2.75) is 19.5 Å². The molecule has 0 bridgehead atoms. The summed E-state index contributed by atoms with van der Waals surface area (Å²) in [6.45, 7) is 1.43. The van der Waals surface area contributed by atoms with Gasteiger partial charge in [-0.25, -0.2) is 9.18 Å². The maximum atomic E-state index is 13.8. The zero-order valence-electron chi connectivity index (χ0n) is 15.3. The molecule has 0 aliphatic carbocycles. The predicted octanol–water partition coefficient (Wildman–Crippen LogP) is 2.62. The van der Waals surface area contributed by atoms with Gasteiger partial charge in [0.1, 0.15) is 0 Å². The van der Waals surface area contributed by atoms with Gasteiger partial charge < -0.3 is 19.9 Å². The number of nitrogens with zero attached hydrogens (tertiary/aromatic N) is 2. The molecular formula is C19H22FN3O3S. The molecule has 0 unspecified atom stereocenters. The second-order valence-electron chi connectivity index (χ2n) is 6.42. The Kier molecular flexibility index (Phi) is 5.95. The van der Waals surface area contributed by atoms with Crippen molar-refractivity contribution in [1.82, 2.24) is 15.1 Å². The summed E-state index contributed by atoms with van der Waals surface area (Å²) < 4.78 is 18.6. The Morgan fingerprint density at radius 1 is 1.37 bits per heavy atom. The van der Waals surface area contributed by atoms with E-state index in [1.165, 1.54) is 34.6 Å². The van der Waals surface area contributed by atoms with Crippen molar-refractivity contribution in [2.75, 3.05) is 27.2 Å². The van der Waals surface area contributed by atoms with Crippen molar-refractivity contribution in [1.29, 1.82) is 0 Å². The maximum absolute atomic E-state index is 13.8. The summed E-state index contributed by atoms with van der Waals surface area (Å²) in [6, 6.07) is 6.21. The van der Waals surface area contributed by atoms with Crippen LogP contribution in [0, 0.1) is 5.82 Å². The summed E-state index contributed by atoms with van der Waals surface area (Å²) in [5.41, 5.74) is 1.82. The van der Waals surface area contributed by atoms with E-state index in [0.717, 1.165) is 6.42 Å². The van der Waals surface area contributed by atoms with E-state index >= 15 is 0 Å². The molecule has 27 heavy (non-hydrogen) atoms. The average molecular weight is 391 g/mol. The lowest BCUT2D eigenvalue weighted by molar-refractivity contribution is -0.131. The van der Waals surface area contributed by atoms with E-state index in [0.29, 0.717) is 18.7 Å². The fourth-order valence-electron chi connectivity index (χ4n) is 3.01. The van der Waals surface area contributed by atoms with Gasteiger partial charge in [0.25, 0.3) is 0 Å². The van der Waals surface area contributed by atoms with E-state index in [1.54, 1.807) is 29.4 Å². The van der Waals surface area contributed by atoms with E-state index in [2.05, 4.69) is 5.32 Å². The summed E-state index contributed by atoms with van der Waals surface area (Å²) in [7, 11) is 3.00. The molecule has 1 aromatic carbocycles. The van der Waals surface area contributed by atoms with E-state index in [1.807, 2.05) is 11.4 Å². The number of hydrogen-bond donors (Lipinski definition) is 1. The van der Waals surface area contributed by atoms with Crippen LogP contribution >= 0.6 is 11.3 Å². The van der Waals surface area contributed by atoms with Crippen LogP contribution in [0.25, 0.3) is 0 Å². The average Bonchev–Trinajstić information content (AvgIpc) is 3.13. The van der Waals surface area contributed by atoms with E-state index in [4.69, 9.17) is 4.74 Å². The molecule has 0 saturated heterocycles. The van der Waals surface area contributed by atoms with Crippen molar-refractivity contribution in [2.24, 2.45) is 0 Å². The fourth-order valence-corrected chi connectivity index (χ4v) is 3.90. The molecule has 0 atom stereocenters. The number of rotatable bonds is 5. The highest BCUT2D eigenvalue weighted by Gasteiger charge is 2.22. The highest BCUT2D eigenvalue weighted by Crippen LogP contribution is 2.24. The normalized spacial score (nSPS) is 13.1. The first-order chi connectivity index (χ1) is 13.0. The standard InChI is InChI=1S/C19H22FN3O3S/c1-22(11-13-3-4-16(26-2)15(20)9-13)19(25)21-10-18(24)23-7-5-17-14(12-23)6-8-27-17/h3-4,6,8-9H,5,7,10-12H2,1-2H3,(H,21,25). The molecule has 3 amide bonds. The maximum Gasteiger partial charge on any atom is 0.317 e. The number of urea groups is 1. The molecule has 144 valence electrons. The van der Waals surface area contributed by atoms with Crippen LogP contribution < -0.4 is 10.1 Å². The number of nitrogens with one attached hydrogen (secondary N) is 1. The van der Waals surface area contributed by atoms with E-state index in [-0.39, 0.29) is 30.8 Å². The lowest BCUT2D eigenvalue weighted by Gasteiger charge is -2.27. The quantitative estimate of drug-likeness (QED) is 0.852. The minimum Gasteiger partial charge on any atom is -0.494 e. The van der Waals surface area contributed by atoms with Crippen molar-refractivity contribution >= 4 is 23.3 Å². The molecule has 0 spiro atoms. The molecule has 2 heterocycles. The first kappa shape index (κ1) is 19.2. The Morgan fingerprint density at radius 2 is 2.19 bits per heavy atom. The largest absolute Gasteiger partial charge is 0.494 e. The van der Waals surface area contributed by atoms with Crippen LogP contribution in [0.1, 0.15) is 16.0 Å². The topological polar surface area (TPSA) is 61.9 Å². The van der Waals surface area contributed by atoms with Gasteiger partial charge in [0.15, 0.2) is 11.6 Å². The number of benzene rings is 1. The Bertz CT molecular complexity index is 839. The summed E-state index contributed by atoms with van der Waals surface area (Å²) >= 11 is 1.72. The number of carbonyl (C=O) groups excluding carboxylic acids is 2. The number of hydrogen-bond acceptors (Lipinski definition) is 4. The number of carbonyl (C=O) groups is 2. The Balaban J connectivity index is 1.48. The van der Waals surface area contributed by atoms with Gasteiger partial charge in [-0.05, 0) is 41.1 Å². The molecule has 6 nitrogen and oxygen atoms in total. The summed E-state index contributed by atoms with van der Waals surface area (Å²) in [5, 5.41) is 4.67. The zero-order valence-corrected chi connectivity index (χ0v) is 16.1. The third-order valence-corrected chi connectivity index (χ3v) is 5.56. The highest BCUT2D eigenvalue weighted by molar-refractivity contribution is 7.10. The number of thiophene rings is 1. The van der Waals surface area contributed by atoms with Gasteiger partial charge in [-0.2, -0.15) is 0 Å². The molecule has 2 aromatic rings. The number of methoxy groups -OCH3 is 1. The molecule has 8 heteroatoms. The van der Waals surface area contributed by atoms with Crippen molar-refractivity contribution in [3.05, 3.63) is 51.5 Å². The molecule has 0 saturated carbocycles. The Morgan fingerprint density at radius 3 is 2.93 bits per heavy atom. The van der Waals surface area contributed by atoms with E-state index < -0.39 is 5.82 Å². The number of halogens is 1. The SMILES string of the molecule is COc1ccc(CN(C)C(=O)NCC(=O)N2CCc3sccc3C2)cc1F. The third kappa shape index (κ3) is 4.57. The Hall–Kier alpha value is -2.61. The second-order valence-corrected chi connectivity index (χ2v) is 7.42. The highest BCUT2D eigenvalue weighted by atomic mass is 32.1.